The Morgan fingerprint density at radius 3 is 2.76 bits per heavy atom. The Balaban J connectivity index is 2.28. The normalized spacial score (nSPS) is 13.1. The zero-order chi connectivity index (χ0) is 12.3. The maximum Gasteiger partial charge on any atom is 0.0446 e. The van der Waals surface area contributed by atoms with Crippen LogP contribution in [-0.4, -0.2) is 36.3 Å². The molecule has 0 amide bonds. The van der Waals surface area contributed by atoms with E-state index in [1.165, 1.54) is 5.56 Å². The third-order valence-corrected chi connectivity index (χ3v) is 3.22. The topological polar surface area (TPSA) is 32.3 Å². The number of thioether (sulfide) groups is 1. The molecule has 0 fully saturated rings. The summed E-state index contributed by atoms with van der Waals surface area (Å²) in [5.74, 6) is 1.04. The first kappa shape index (κ1) is 14.3. The lowest BCUT2D eigenvalue weighted by Crippen LogP contribution is -2.32. The molecule has 17 heavy (non-hydrogen) atoms. The smallest absolute Gasteiger partial charge is 0.0446 e. The largest absolute Gasteiger partial charge is 0.396 e. The van der Waals surface area contributed by atoms with Crippen molar-refractivity contribution in [3.8, 4) is 0 Å². The van der Waals surface area contributed by atoms with Crippen LogP contribution < -0.4 is 5.32 Å². The van der Waals surface area contributed by atoms with Gasteiger partial charge in [-0.1, -0.05) is 42.5 Å². The van der Waals surface area contributed by atoms with Crippen molar-refractivity contribution in [2.24, 2.45) is 0 Å². The van der Waals surface area contributed by atoms with Gasteiger partial charge in [-0.25, -0.2) is 0 Å². The predicted octanol–water partition coefficient (Wildman–Crippen LogP) is 2.40. The van der Waals surface area contributed by atoms with E-state index in [1.807, 2.05) is 18.2 Å². The Morgan fingerprint density at radius 2 is 2.12 bits per heavy atom. The van der Waals surface area contributed by atoms with Gasteiger partial charge in [0, 0.05) is 24.9 Å². The van der Waals surface area contributed by atoms with Crippen LogP contribution in [-0.2, 0) is 0 Å². The maximum atomic E-state index is 8.93. The second-order valence-electron chi connectivity index (χ2n) is 3.89. The molecule has 0 aliphatic carbocycles. The van der Waals surface area contributed by atoms with Gasteiger partial charge in [-0.15, -0.1) is 0 Å². The van der Waals surface area contributed by atoms with Crippen LogP contribution >= 0.6 is 11.8 Å². The molecule has 0 saturated heterocycles. The minimum absolute atomic E-state index is 0.251. The van der Waals surface area contributed by atoms with Crippen molar-refractivity contribution in [2.75, 3.05) is 25.2 Å². The number of aliphatic hydroxyl groups is 1. The first-order valence-electron chi connectivity index (χ1n) is 5.91. The molecule has 2 nitrogen and oxygen atoms in total. The minimum atomic E-state index is 0.251. The van der Waals surface area contributed by atoms with E-state index in [0.717, 1.165) is 18.7 Å². The van der Waals surface area contributed by atoms with Crippen molar-refractivity contribution in [1.82, 2.24) is 5.32 Å². The molecule has 0 aliphatic heterocycles. The molecule has 0 aliphatic rings. The summed E-state index contributed by atoms with van der Waals surface area (Å²) in [4.78, 5) is 0. The Labute approximate surface area is 108 Å². The predicted molar refractivity (Wildman–Crippen MR) is 77.4 cm³/mol. The molecule has 0 saturated carbocycles. The first-order chi connectivity index (χ1) is 8.36. The number of nitrogens with one attached hydrogen (secondary N) is 1. The molecule has 1 unspecified atom stereocenters. The SMILES string of the molecule is CSCC(CCO)NC/C=C/c1ccccc1. The number of hydrogen-bond donors (Lipinski definition) is 2. The Bertz CT molecular complexity index is 307. The molecule has 0 spiro atoms. The quantitative estimate of drug-likeness (QED) is 0.744. The van der Waals surface area contributed by atoms with Gasteiger partial charge < -0.3 is 10.4 Å². The first-order valence-corrected chi connectivity index (χ1v) is 7.31. The summed E-state index contributed by atoms with van der Waals surface area (Å²) in [7, 11) is 0. The molecular weight excluding hydrogens is 230 g/mol. The Hall–Kier alpha value is -0.770. The summed E-state index contributed by atoms with van der Waals surface area (Å²) < 4.78 is 0. The molecule has 3 heteroatoms. The van der Waals surface area contributed by atoms with Gasteiger partial charge in [0.15, 0.2) is 0 Å². The summed E-state index contributed by atoms with van der Waals surface area (Å²) in [5.41, 5.74) is 1.22. The highest BCUT2D eigenvalue weighted by atomic mass is 32.2. The molecule has 1 aromatic carbocycles. The van der Waals surface area contributed by atoms with Crippen LogP contribution in [0.15, 0.2) is 36.4 Å². The number of rotatable bonds is 8. The molecule has 0 aromatic heterocycles. The highest BCUT2D eigenvalue weighted by Gasteiger charge is 2.04. The van der Waals surface area contributed by atoms with Crippen molar-refractivity contribution in [2.45, 2.75) is 12.5 Å². The third kappa shape index (κ3) is 6.51. The minimum Gasteiger partial charge on any atom is -0.396 e. The van der Waals surface area contributed by atoms with Crippen LogP contribution in [0.5, 0.6) is 0 Å². The summed E-state index contributed by atoms with van der Waals surface area (Å²) in [6, 6.07) is 10.7. The van der Waals surface area contributed by atoms with E-state index in [1.54, 1.807) is 11.8 Å². The number of hydrogen-bond acceptors (Lipinski definition) is 3. The highest BCUT2D eigenvalue weighted by Crippen LogP contribution is 2.02. The van der Waals surface area contributed by atoms with E-state index in [4.69, 9.17) is 5.11 Å². The standard InChI is InChI=1S/C14H21NOS/c1-17-12-14(9-11-16)15-10-5-8-13-6-3-2-4-7-13/h2-8,14-16H,9-12H2,1H3/b8-5+. The second kappa shape index (κ2) is 9.28. The fourth-order valence-corrected chi connectivity index (χ4v) is 2.28. The summed E-state index contributed by atoms with van der Waals surface area (Å²) in [6.45, 7) is 1.10. The van der Waals surface area contributed by atoms with Crippen LogP contribution in [0, 0.1) is 0 Å². The van der Waals surface area contributed by atoms with E-state index < -0.39 is 0 Å². The van der Waals surface area contributed by atoms with Crippen molar-refractivity contribution in [3.63, 3.8) is 0 Å². The van der Waals surface area contributed by atoms with Crippen molar-refractivity contribution in [1.29, 1.82) is 0 Å². The monoisotopic (exact) mass is 251 g/mol. The Morgan fingerprint density at radius 1 is 1.35 bits per heavy atom. The van der Waals surface area contributed by atoms with Crippen molar-refractivity contribution in [3.05, 3.63) is 42.0 Å². The molecule has 94 valence electrons. The molecule has 1 aromatic rings. The second-order valence-corrected chi connectivity index (χ2v) is 4.80. The fourth-order valence-electron chi connectivity index (χ4n) is 1.60. The van der Waals surface area contributed by atoms with Gasteiger partial charge in [-0.3, -0.25) is 0 Å². The lowest BCUT2D eigenvalue weighted by Gasteiger charge is -2.14. The van der Waals surface area contributed by atoms with Gasteiger partial charge in [0.2, 0.25) is 0 Å². The van der Waals surface area contributed by atoms with Gasteiger partial charge in [0.25, 0.3) is 0 Å². The average Bonchev–Trinajstić information content (AvgIpc) is 2.36. The molecule has 0 heterocycles. The van der Waals surface area contributed by atoms with Crippen LogP contribution in [0.4, 0.5) is 0 Å². The van der Waals surface area contributed by atoms with Gasteiger partial charge in [-0.2, -0.15) is 11.8 Å². The zero-order valence-corrected chi connectivity index (χ0v) is 11.1. The summed E-state index contributed by atoms with van der Waals surface area (Å²) in [5, 5.41) is 12.4. The number of aliphatic hydroxyl groups excluding tert-OH is 1. The maximum absolute atomic E-state index is 8.93. The molecule has 2 N–H and O–H groups in total. The van der Waals surface area contributed by atoms with Crippen LogP contribution in [0.1, 0.15) is 12.0 Å². The van der Waals surface area contributed by atoms with Gasteiger partial charge >= 0.3 is 0 Å². The van der Waals surface area contributed by atoms with Gasteiger partial charge in [-0.05, 0) is 18.2 Å². The lowest BCUT2D eigenvalue weighted by atomic mass is 10.2. The summed E-state index contributed by atoms with van der Waals surface area (Å²) >= 11 is 1.81. The van der Waals surface area contributed by atoms with Crippen LogP contribution in [0.2, 0.25) is 0 Å². The molecule has 1 rings (SSSR count). The van der Waals surface area contributed by atoms with Crippen molar-refractivity contribution >= 4 is 17.8 Å². The van der Waals surface area contributed by atoms with Crippen LogP contribution in [0.3, 0.4) is 0 Å². The van der Waals surface area contributed by atoms with Crippen molar-refractivity contribution < 1.29 is 5.11 Å². The van der Waals surface area contributed by atoms with Crippen LogP contribution in [0.25, 0.3) is 6.08 Å². The zero-order valence-electron chi connectivity index (χ0n) is 10.3. The van der Waals surface area contributed by atoms with Gasteiger partial charge in [0.1, 0.15) is 0 Å². The Kier molecular flexibility index (Phi) is 7.80. The van der Waals surface area contributed by atoms with E-state index in [2.05, 4.69) is 35.9 Å². The number of benzene rings is 1. The van der Waals surface area contributed by atoms with Gasteiger partial charge in [0.05, 0.1) is 0 Å². The molecular formula is C14H21NOS. The third-order valence-electron chi connectivity index (χ3n) is 2.48. The van der Waals surface area contributed by atoms with E-state index >= 15 is 0 Å². The van der Waals surface area contributed by atoms with E-state index in [-0.39, 0.29) is 6.61 Å². The highest BCUT2D eigenvalue weighted by molar-refractivity contribution is 7.98. The summed E-state index contributed by atoms with van der Waals surface area (Å²) in [6.07, 6.45) is 7.15. The molecule has 1 atom stereocenters. The van der Waals surface area contributed by atoms with E-state index in [0.29, 0.717) is 6.04 Å². The lowest BCUT2D eigenvalue weighted by molar-refractivity contribution is 0.271. The molecule has 0 radical (unpaired) electrons. The fraction of sp³-hybridized carbons (Fsp3) is 0.429. The average molecular weight is 251 g/mol. The molecule has 0 bridgehead atoms. The van der Waals surface area contributed by atoms with E-state index in [9.17, 15) is 0 Å².